The third-order valence-corrected chi connectivity index (χ3v) is 8.73. The number of nitrogens with zero attached hydrogens (tertiary/aromatic N) is 4. The molecule has 2 aromatic carbocycles. The van der Waals surface area contributed by atoms with Gasteiger partial charge in [-0.05, 0) is 35.7 Å². The number of hydrogen-bond acceptors (Lipinski definition) is 6. The van der Waals surface area contributed by atoms with Crippen LogP contribution in [0.25, 0.3) is 5.69 Å². The lowest BCUT2D eigenvalue weighted by Gasteiger charge is -2.30. The number of carbonyl (C=O) groups is 2. The Hall–Kier alpha value is -3.30. The fourth-order valence-corrected chi connectivity index (χ4v) is 6.55. The van der Waals surface area contributed by atoms with Crippen LogP contribution in [0.3, 0.4) is 0 Å². The maximum atomic E-state index is 13.9. The number of methoxy groups -OCH3 is 1. The third-order valence-electron chi connectivity index (χ3n) is 7.48. The van der Waals surface area contributed by atoms with E-state index >= 15 is 0 Å². The predicted molar refractivity (Wildman–Crippen MR) is 159 cm³/mol. The van der Waals surface area contributed by atoms with Crippen molar-refractivity contribution in [1.82, 2.24) is 14.7 Å². The number of amides is 2. The van der Waals surface area contributed by atoms with Gasteiger partial charge in [0.25, 0.3) is 0 Å². The first kappa shape index (κ1) is 28.2. The van der Waals surface area contributed by atoms with Crippen molar-refractivity contribution in [2.45, 2.75) is 44.8 Å². The highest BCUT2D eigenvalue weighted by atomic mass is 32.2. The lowest BCUT2D eigenvalue weighted by Crippen LogP contribution is -2.48. The molecule has 1 aromatic heterocycles. The van der Waals surface area contributed by atoms with Crippen molar-refractivity contribution in [2.75, 3.05) is 50.6 Å². The summed E-state index contributed by atoms with van der Waals surface area (Å²) in [5.41, 5.74) is 4.70. The van der Waals surface area contributed by atoms with Crippen molar-refractivity contribution in [3.63, 3.8) is 0 Å². The van der Waals surface area contributed by atoms with Crippen LogP contribution in [0.2, 0.25) is 0 Å². The molecule has 1 fully saturated rings. The van der Waals surface area contributed by atoms with Crippen molar-refractivity contribution < 1.29 is 19.1 Å². The Bertz CT molecular complexity index is 1370. The van der Waals surface area contributed by atoms with Crippen LogP contribution in [0.5, 0.6) is 5.75 Å². The van der Waals surface area contributed by atoms with Crippen LogP contribution >= 0.6 is 11.8 Å². The SMILES string of the molecule is CCc1ccccc1-n1nc(C(C)(C)C)c2c1N(CC(=O)N1CCOCC1)C(=O)CS[C@@H]2c1ccc(OC)cc1. The number of rotatable bonds is 6. The molecule has 0 radical (unpaired) electrons. The van der Waals surface area contributed by atoms with Gasteiger partial charge in [0.05, 0.1) is 42.7 Å². The van der Waals surface area contributed by atoms with Crippen LogP contribution in [-0.2, 0) is 26.2 Å². The quantitative estimate of drug-likeness (QED) is 0.431. The van der Waals surface area contributed by atoms with Crippen LogP contribution in [0, 0.1) is 0 Å². The Morgan fingerprint density at radius 3 is 2.45 bits per heavy atom. The maximum absolute atomic E-state index is 13.9. The minimum Gasteiger partial charge on any atom is -0.497 e. The fraction of sp³-hybridized carbons (Fsp3) is 0.452. The number of ether oxygens (including phenoxy) is 2. The van der Waals surface area contributed by atoms with Crippen LogP contribution in [-0.4, -0.2) is 72.2 Å². The summed E-state index contributed by atoms with van der Waals surface area (Å²) in [7, 11) is 1.66. The molecule has 5 rings (SSSR count). The molecule has 3 aromatic rings. The number of carbonyl (C=O) groups excluding carboxylic acids is 2. The van der Waals surface area contributed by atoms with Gasteiger partial charge in [-0.3, -0.25) is 14.5 Å². The van der Waals surface area contributed by atoms with Crippen LogP contribution in [0.15, 0.2) is 48.5 Å². The minimum absolute atomic E-state index is 0.0364. The van der Waals surface area contributed by atoms with Crippen molar-refractivity contribution in [1.29, 1.82) is 0 Å². The normalized spacial score (nSPS) is 17.9. The largest absolute Gasteiger partial charge is 0.497 e. The summed E-state index contributed by atoms with van der Waals surface area (Å²) in [5, 5.41) is 5.09. The van der Waals surface area contributed by atoms with Gasteiger partial charge < -0.3 is 14.4 Å². The highest BCUT2D eigenvalue weighted by Gasteiger charge is 2.40. The first-order valence-electron chi connectivity index (χ1n) is 13.9. The predicted octanol–water partition coefficient (Wildman–Crippen LogP) is 4.77. The molecule has 2 amide bonds. The maximum Gasteiger partial charge on any atom is 0.242 e. The second kappa shape index (κ2) is 11.7. The van der Waals surface area contributed by atoms with Crippen LogP contribution < -0.4 is 9.64 Å². The standard InChI is InChI=1S/C31H38N4O4S/c1-6-21-9-7-8-10-24(21)35-30-27(29(32-35)31(2,3)4)28(22-11-13-23(38-5)14-12-22)40-20-26(37)34(30)19-25(36)33-15-17-39-18-16-33/h7-14,28H,6,15-20H2,1-5H3/t28-/m1/s1. The van der Waals surface area contributed by atoms with Crippen molar-refractivity contribution >= 4 is 29.4 Å². The average Bonchev–Trinajstić information content (AvgIpc) is 3.31. The van der Waals surface area contributed by atoms with E-state index in [1.807, 2.05) is 35.0 Å². The first-order valence-corrected chi connectivity index (χ1v) is 14.9. The molecule has 8 nitrogen and oxygen atoms in total. The summed E-state index contributed by atoms with van der Waals surface area (Å²) in [6.07, 6.45) is 0.812. The molecule has 0 spiro atoms. The molecule has 0 unspecified atom stereocenters. The zero-order valence-electron chi connectivity index (χ0n) is 24.0. The van der Waals surface area contributed by atoms with Crippen molar-refractivity contribution in [2.24, 2.45) is 0 Å². The van der Waals surface area contributed by atoms with E-state index in [1.165, 1.54) is 0 Å². The number of fused-ring (bicyclic) bond motifs is 1. The van der Waals surface area contributed by atoms with E-state index in [2.05, 4.69) is 45.9 Å². The molecule has 2 aliphatic heterocycles. The molecule has 0 aliphatic carbocycles. The molecule has 3 heterocycles. The second-order valence-electron chi connectivity index (χ2n) is 11.2. The Labute approximate surface area is 240 Å². The smallest absolute Gasteiger partial charge is 0.242 e. The molecule has 40 heavy (non-hydrogen) atoms. The number of thioether (sulfide) groups is 1. The average molecular weight is 563 g/mol. The lowest BCUT2D eigenvalue weighted by atomic mass is 9.87. The molecule has 0 saturated carbocycles. The van der Waals surface area contributed by atoms with Gasteiger partial charge in [0.2, 0.25) is 11.8 Å². The molecule has 0 N–H and O–H groups in total. The van der Waals surface area contributed by atoms with E-state index < -0.39 is 0 Å². The summed E-state index contributed by atoms with van der Waals surface area (Å²) in [6.45, 7) is 10.6. The van der Waals surface area contributed by atoms with Gasteiger partial charge in [-0.15, -0.1) is 11.8 Å². The zero-order chi connectivity index (χ0) is 28.4. The van der Waals surface area contributed by atoms with Gasteiger partial charge in [0.1, 0.15) is 18.1 Å². The number of morpholine rings is 1. The monoisotopic (exact) mass is 562 g/mol. The molecule has 9 heteroatoms. The number of anilines is 1. The molecule has 1 atom stereocenters. The fourth-order valence-electron chi connectivity index (χ4n) is 5.35. The van der Waals surface area contributed by atoms with Gasteiger partial charge in [-0.2, -0.15) is 5.10 Å². The van der Waals surface area contributed by atoms with Gasteiger partial charge in [0.15, 0.2) is 0 Å². The van der Waals surface area contributed by atoms with E-state index in [1.54, 1.807) is 28.7 Å². The number of aryl methyl sites for hydroxylation is 1. The number of aromatic nitrogens is 2. The third kappa shape index (κ3) is 5.49. The first-order chi connectivity index (χ1) is 19.2. The van der Waals surface area contributed by atoms with Gasteiger partial charge >= 0.3 is 0 Å². The number of para-hydroxylation sites is 1. The molecule has 1 saturated heterocycles. The van der Waals surface area contributed by atoms with Gasteiger partial charge in [0, 0.05) is 24.1 Å². The number of benzene rings is 2. The summed E-state index contributed by atoms with van der Waals surface area (Å²) >= 11 is 1.59. The Kier molecular flexibility index (Phi) is 8.24. The van der Waals surface area contributed by atoms with E-state index in [0.717, 1.165) is 40.2 Å². The van der Waals surface area contributed by atoms with Crippen molar-refractivity contribution in [3.05, 3.63) is 70.9 Å². The Morgan fingerprint density at radius 2 is 1.80 bits per heavy atom. The van der Waals surface area contributed by atoms with E-state index in [-0.39, 0.29) is 34.8 Å². The molecule has 0 bridgehead atoms. The highest BCUT2D eigenvalue weighted by molar-refractivity contribution is 8.00. The second-order valence-corrected chi connectivity index (χ2v) is 12.3. The summed E-state index contributed by atoms with van der Waals surface area (Å²) < 4.78 is 12.8. The van der Waals surface area contributed by atoms with E-state index in [4.69, 9.17) is 14.6 Å². The van der Waals surface area contributed by atoms with E-state index in [9.17, 15) is 9.59 Å². The van der Waals surface area contributed by atoms with Crippen LogP contribution in [0.4, 0.5) is 5.82 Å². The summed E-state index contributed by atoms with van der Waals surface area (Å²) in [5.74, 6) is 1.54. The zero-order valence-corrected chi connectivity index (χ0v) is 24.8. The number of hydrogen-bond donors (Lipinski definition) is 0. The lowest BCUT2D eigenvalue weighted by molar-refractivity contribution is -0.134. The Morgan fingerprint density at radius 1 is 1.10 bits per heavy atom. The molecule has 2 aliphatic rings. The summed E-state index contributed by atoms with van der Waals surface area (Å²) in [4.78, 5) is 30.9. The van der Waals surface area contributed by atoms with Crippen LogP contribution in [0.1, 0.15) is 55.3 Å². The van der Waals surface area contributed by atoms with Gasteiger partial charge in [-0.1, -0.05) is 58.0 Å². The minimum atomic E-state index is -0.310. The molecule has 212 valence electrons. The highest BCUT2D eigenvalue weighted by Crippen LogP contribution is 2.48. The Balaban J connectivity index is 1.74. The molecular weight excluding hydrogens is 524 g/mol. The van der Waals surface area contributed by atoms with E-state index in [0.29, 0.717) is 32.1 Å². The summed E-state index contributed by atoms with van der Waals surface area (Å²) in [6, 6.07) is 16.2. The van der Waals surface area contributed by atoms with Crippen molar-refractivity contribution in [3.8, 4) is 11.4 Å². The topological polar surface area (TPSA) is 76.9 Å². The van der Waals surface area contributed by atoms with Gasteiger partial charge in [-0.25, -0.2) is 4.68 Å². The molecular formula is C31H38N4O4S.